The molecule has 0 aliphatic carbocycles. The van der Waals surface area contributed by atoms with Crippen molar-refractivity contribution in [1.29, 1.82) is 5.26 Å². The lowest BCUT2D eigenvalue weighted by atomic mass is 10.1. The number of hydrogen-bond donors (Lipinski definition) is 1. The molecule has 7 heteroatoms. The fourth-order valence-corrected chi connectivity index (χ4v) is 1.12. The predicted molar refractivity (Wildman–Crippen MR) is 47.4 cm³/mol. The molecular formula is C9H6F2N2O3. The molecule has 1 aromatic rings. The van der Waals surface area contributed by atoms with Crippen LogP contribution in [0.2, 0.25) is 0 Å². The molecule has 0 bridgehead atoms. The van der Waals surface area contributed by atoms with Gasteiger partial charge in [0.2, 0.25) is 0 Å². The van der Waals surface area contributed by atoms with E-state index in [0.717, 1.165) is 7.11 Å². The smallest absolute Gasteiger partial charge is 0.354 e. The average molecular weight is 228 g/mol. The molecule has 0 atom stereocenters. The van der Waals surface area contributed by atoms with Gasteiger partial charge in [0.1, 0.15) is 6.07 Å². The number of aromatic nitrogens is 1. The van der Waals surface area contributed by atoms with Gasteiger partial charge in [-0.25, -0.2) is 18.6 Å². The first-order chi connectivity index (χ1) is 7.51. The number of carboxylic acid groups (broad SMARTS) is 1. The Morgan fingerprint density at radius 1 is 1.69 bits per heavy atom. The number of pyridine rings is 1. The molecule has 1 heterocycles. The van der Waals surface area contributed by atoms with Crippen LogP contribution in [0, 0.1) is 11.3 Å². The second kappa shape index (κ2) is 4.53. The predicted octanol–water partition coefficient (Wildman–Crippen LogP) is 1.60. The molecule has 0 aliphatic heterocycles. The van der Waals surface area contributed by atoms with Crippen LogP contribution in [0.3, 0.4) is 0 Å². The summed E-state index contributed by atoms with van der Waals surface area (Å²) in [5.41, 5.74) is -1.75. The van der Waals surface area contributed by atoms with Crippen LogP contribution >= 0.6 is 0 Å². The molecule has 0 saturated carbocycles. The number of nitrogens with zero attached hydrogens (tertiary/aromatic N) is 2. The Kier molecular flexibility index (Phi) is 3.35. The summed E-state index contributed by atoms with van der Waals surface area (Å²) in [5.74, 6) is -1.89. The Balaban J connectivity index is 3.51. The standard InChI is InChI=1S/C9H6F2N2O3/c1-16-7-4(8(10)11)2-5(9(14)15)13-6(7)3-12/h2,8H,1H3,(H,14,15). The van der Waals surface area contributed by atoms with E-state index < -0.39 is 35.1 Å². The minimum atomic E-state index is -2.94. The first-order valence-electron chi connectivity index (χ1n) is 4.01. The second-order valence-corrected chi connectivity index (χ2v) is 2.70. The van der Waals surface area contributed by atoms with Crippen molar-refractivity contribution in [2.75, 3.05) is 7.11 Å². The molecule has 1 aromatic heterocycles. The highest BCUT2D eigenvalue weighted by Crippen LogP contribution is 2.31. The van der Waals surface area contributed by atoms with E-state index in [9.17, 15) is 13.6 Å². The van der Waals surface area contributed by atoms with Gasteiger partial charge in [0.15, 0.2) is 17.1 Å². The summed E-state index contributed by atoms with van der Waals surface area (Å²) in [6, 6.07) is 2.19. The van der Waals surface area contributed by atoms with Crippen LogP contribution in [0.5, 0.6) is 5.75 Å². The van der Waals surface area contributed by atoms with Crippen molar-refractivity contribution < 1.29 is 23.4 Å². The first kappa shape index (κ1) is 11.8. The van der Waals surface area contributed by atoms with Crippen molar-refractivity contribution >= 4 is 5.97 Å². The summed E-state index contributed by atoms with van der Waals surface area (Å²) in [6.45, 7) is 0. The van der Waals surface area contributed by atoms with Crippen molar-refractivity contribution in [2.45, 2.75) is 6.43 Å². The molecule has 0 amide bonds. The number of carbonyl (C=O) groups is 1. The maximum absolute atomic E-state index is 12.6. The quantitative estimate of drug-likeness (QED) is 0.849. The Hall–Kier alpha value is -2.23. The number of methoxy groups -OCH3 is 1. The number of hydrogen-bond acceptors (Lipinski definition) is 4. The van der Waals surface area contributed by atoms with E-state index in [1.807, 2.05) is 0 Å². The van der Waals surface area contributed by atoms with Gasteiger partial charge in [-0.3, -0.25) is 0 Å². The second-order valence-electron chi connectivity index (χ2n) is 2.70. The summed E-state index contributed by atoms with van der Waals surface area (Å²) in [7, 11) is 1.10. The Morgan fingerprint density at radius 3 is 2.69 bits per heavy atom. The largest absolute Gasteiger partial charge is 0.493 e. The molecule has 0 fully saturated rings. The number of rotatable bonds is 3. The molecule has 0 aliphatic rings. The number of halogens is 2. The zero-order valence-corrected chi connectivity index (χ0v) is 8.07. The van der Waals surface area contributed by atoms with Gasteiger partial charge in [0, 0.05) is 0 Å². The molecule has 1 rings (SSSR count). The molecular weight excluding hydrogens is 222 g/mol. The van der Waals surface area contributed by atoms with Gasteiger partial charge in [-0.2, -0.15) is 5.26 Å². The highest BCUT2D eigenvalue weighted by Gasteiger charge is 2.22. The van der Waals surface area contributed by atoms with E-state index in [0.29, 0.717) is 6.07 Å². The van der Waals surface area contributed by atoms with Crippen molar-refractivity contribution in [3.05, 3.63) is 23.0 Å². The Bertz CT molecular complexity index is 469. The lowest BCUT2D eigenvalue weighted by Gasteiger charge is -2.09. The van der Waals surface area contributed by atoms with Crippen LogP contribution in [0.1, 0.15) is 28.2 Å². The van der Waals surface area contributed by atoms with Gasteiger partial charge in [-0.1, -0.05) is 0 Å². The lowest BCUT2D eigenvalue weighted by molar-refractivity contribution is 0.0689. The van der Waals surface area contributed by atoms with Gasteiger partial charge >= 0.3 is 5.97 Å². The number of ether oxygens (including phenoxy) is 1. The van der Waals surface area contributed by atoms with E-state index in [4.69, 9.17) is 10.4 Å². The number of alkyl halides is 2. The Labute approximate surface area is 88.9 Å². The van der Waals surface area contributed by atoms with Gasteiger partial charge in [-0.05, 0) is 6.07 Å². The Morgan fingerprint density at radius 2 is 2.31 bits per heavy atom. The van der Waals surface area contributed by atoms with Gasteiger partial charge in [0.05, 0.1) is 12.7 Å². The zero-order chi connectivity index (χ0) is 12.3. The third kappa shape index (κ3) is 2.06. The van der Waals surface area contributed by atoms with Gasteiger partial charge in [-0.15, -0.1) is 0 Å². The molecule has 0 radical (unpaired) electrons. The fourth-order valence-electron chi connectivity index (χ4n) is 1.12. The number of nitriles is 1. The van der Waals surface area contributed by atoms with E-state index in [-0.39, 0.29) is 0 Å². The third-order valence-corrected chi connectivity index (χ3v) is 1.77. The van der Waals surface area contributed by atoms with Crippen LogP contribution in [-0.2, 0) is 0 Å². The summed E-state index contributed by atoms with van der Waals surface area (Å²) >= 11 is 0. The van der Waals surface area contributed by atoms with Crippen LogP contribution in [0.4, 0.5) is 8.78 Å². The molecule has 16 heavy (non-hydrogen) atoms. The highest BCUT2D eigenvalue weighted by atomic mass is 19.3. The molecule has 5 nitrogen and oxygen atoms in total. The van der Waals surface area contributed by atoms with Crippen LogP contribution < -0.4 is 4.74 Å². The maximum Gasteiger partial charge on any atom is 0.354 e. The van der Waals surface area contributed by atoms with Crippen molar-refractivity contribution in [1.82, 2.24) is 4.98 Å². The summed E-state index contributed by atoms with van der Waals surface area (Å²) < 4.78 is 29.7. The van der Waals surface area contributed by atoms with Crippen molar-refractivity contribution in [3.8, 4) is 11.8 Å². The number of carboxylic acids is 1. The third-order valence-electron chi connectivity index (χ3n) is 1.77. The zero-order valence-electron chi connectivity index (χ0n) is 8.07. The molecule has 0 unspecified atom stereocenters. The molecule has 0 saturated heterocycles. The van der Waals surface area contributed by atoms with Crippen molar-refractivity contribution in [2.24, 2.45) is 0 Å². The average Bonchev–Trinajstić information content (AvgIpc) is 2.26. The number of aromatic carboxylic acids is 1. The minimum absolute atomic E-state index is 0.400. The van der Waals surface area contributed by atoms with E-state index in [1.165, 1.54) is 6.07 Å². The monoisotopic (exact) mass is 228 g/mol. The van der Waals surface area contributed by atoms with Crippen LogP contribution in [-0.4, -0.2) is 23.2 Å². The summed E-state index contributed by atoms with van der Waals surface area (Å²) in [5, 5.41) is 17.2. The minimum Gasteiger partial charge on any atom is -0.493 e. The highest BCUT2D eigenvalue weighted by molar-refractivity contribution is 5.86. The topological polar surface area (TPSA) is 83.2 Å². The summed E-state index contributed by atoms with van der Waals surface area (Å²) in [4.78, 5) is 14.0. The fraction of sp³-hybridized carbons (Fsp3) is 0.222. The first-order valence-corrected chi connectivity index (χ1v) is 4.01. The SMILES string of the molecule is COc1c(C(F)F)cc(C(=O)O)nc1C#N. The molecule has 0 spiro atoms. The van der Waals surface area contributed by atoms with E-state index in [2.05, 4.69) is 9.72 Å². The van der Waals surface area contributed by atoms with Crippen LogP contribution in [0.25, 0.3) is 0 Å². The van der Waals surface area contributed by atoms with Gasteiger partial charge < -0.3 is 9.84 Å². The molecule has 0 aromatic carbocycles. The van der Waals surface area contributed by atoms with Crippen LogP contribution in [0.15, 0.2) is 6.07 Å². The van der Waals surface area contributed by atoms with E-state index in [1.54, 1.807) is 0 Å². The van der Waals surface area contributed by atoms with E-state index >= 15 is 0 Å². The van der Waals surface area contributed by atoms with Gasteiger partial charge in [0.25, 0.3) is 6.43 Å². The lowest BCUT2D eigenvalue weighted by Crippen LogP contribution is -2.06. The normalized spacial score (nSPS) is 9.94. The summed E-state index contributed by atoms with van der Waals surface area (Å²) in [6.07, 6.45) is -2.94. The maximum atomic E-state index is 12.6. The van der Waals surface area contributed by atoms with Crippen molar-refractivity contribution in [3.63, 3.8) is 0 Å². The molecule has 84 valence electrons. The molecule has 1 N–H and O–H groups in total.